The van der Waals surface area contributed by atoms with Gasteiger partial charge in [-0.2, -0.15) is 0 Å². The van der Waals surface area contributed by atoms with Crippen LogP contribution in [0.5, 0.6) is 5.75 Å². The van der Waals surface area contributed by atoms with Crippen molar-refractivity contribution in [2.24, 2.45) is 0 Å². The second kappa shape index (κ2) is 9.38. The molecule has 0 bridgehead atoms. The van der Waals surface area contributed by atoms with Crippen LogP contribution in [0.15, 0.2) is 36.5 Å². The second-order valence-corrected chi connectivity index (χ2v) is 10.2. The highest BCUT2D eigenvalue weighted by molar-refractivity contribution is 5.94. The Morgan fingerprint density at radius 3 is 2.50 bits per heavy atom. The smallest absolute Gasteiger partial charge is 0.406 e. The van der Waals surface area contributed by atoms with Gasteiger partial charge in [-0.25, -0.2) is 9.97 Å². The fourth-order valence-corrected chi connectivity index (χ4v) is 5.31. The lowest BCUT2D eigenvalue weighted by Gasteiger charge is -2.34. The van der Waals surface area contributed by atoms with Gasteiger partial charge in [-0.05, 0) is 81.3 Å². The molecule has 2 saturated heterocycles. The molecule has 0 spiro atoms. The maximum absolute atomic E-state index is 12.9. The van der Waals surface area contributed by atoms with E-state index in [4.69, 9.17) is 9.72 Å². The van der Waals surface area contributed by atoms with Crippen molar-refractivity contribution in [1.29, 1.82) is 0 Å². The van der Waals surface area contributed by atoms with Gasteiger partial charge in [-0.1, -0.05) is 0 Å². The normalized spacial score (nSPS) is 21.0. The number of aromatic nitrogens is 3. The Bertz CT molecular complexity index is 1230. The minimum absolute atomic E-state index is 0.177. The average Bonchev–Trinajstić information content (AvgIpc) is 3.27. The summed E-state index contributed by atoms with van der Waals surface area (Å²) in [6.45, 7) is 6.02. The third kappa shape index (κ3) is 5.33. The van der Waals surface area contributed by atoms with E-state index in [1.807, 2.05) is 6.07 Å². The van der Waals surface area contributed by atoms with Crippen LogP contribution in [-0.4, -0.2) is 57.4 Å². The zero-order valence-electron chi connectivity index (χ0n) is 20.3. The van der Waals surface area contributed by atoms with Crippen LogP contribution in [-0.2, 0) is 4.74 Å². The average molecular weight is 503 g/mol. The number of carbonyl (C=O) groups excluding carboxylic acids is 1. The number of benzene rings is 1. The Balaban J connectivity index is 1.26. The molecule has 1 atom stereocenters. The van der Waals surface area contributed by atoms with Gasteiger partial charge in [0.25, 0.3) is 5.91 Å². The number of pyridine rings is 1. The summed E-state index contributed by atoms with van der Waals surface area (Å²) in [6.07, 6.45) is 0.394. The number of likely N-dealkylation sites (tertiary alicyclic amines) is 1. The molecule has 2 aromatic heterocycles. The van der Waals surface area contributed by atoms with Gasteiger partial charge in [0.15, 0.2) is 5.65 Å². The standard InChI is InChI=1S/C26H29F3N4O3/c1-25(2)15-18(10-14-35-25)22-31-21-20(7-11-30-23(21)32-22)16-8-12-33(13-9-16)24(34)17-3-5-19(6-4-17)36-26(27,28)29/h3-7,11,16,18H,8-10,12-15H2,1-2H3,(H,30,31,32). The number of nitrogens with zero attached hydrogens (tertiary/aromatic N) is 3. The Labute approximate surface area is 207 Å². The molecule has 36 heavy (non-hydrogen) atoms. The Morgan fingerprint density at radius 1 is 1.11 bits per heavy atom. The molecular formula is C26H29F3N4O3. The molecule has 2 aliphatic rings. The number of aromatic amines is 1. The van der Waals surface area contributed by atoms with Crippen molar-refractivity contribution >= 4 is 17.1 Å². The molecular weight excluding hydrogens is 473 g/mol. The molecule has 2 fully saturated rings. The molecule has 192 valence electrons. The molecule has 1 aromatic carbocycles. The number of carbonyl (C=O) groups is 1. The van der Waals surface area contributed by atoms with Crippen LogP contribution in [0.25, 0.3) is 11.2 Å². The molecule has 0 aliphatic carbocycles. The number of imidazole rings is 1. The summed E-state index contributed by atoms with van der Waals surface area (Å²) >= 11 is 0. The summed E-state index contributed by atoms with van der Waals surface area (Å²) < 4.78 is 46.9. The molecule has 5 rings (SSSR count). The number of alkyl halides is 3. The topological polar surface area (TPSA) is 80.3 Å². The number of nitrogens with one attached hydrogen (secondary N) is 1. The summed E-state index contributed by atoms with van der Waals surface area (Å²) in [5.74, 6) is 0.942. The van der Waals surface area contributed by atoms with E-state index < -0.39 is 6.36 Å². The molecule has 3 aromatic rings. The van der Waals surface area contributed by atoms with E-state index >= 15 is 0 Å². The van der Waals surface area contributed by atoms with Crippen molar-refractivity contribution in [3.8, 4) is 5.75 Å². The van der Waals surface area contributed by atoms with Crippen molar-refractivity contribution in [2.45, 2.75) is 63.3 Å². The van der Waals surface area contributed by atoms with Crippen LogP contribution >= 0.6 is 0 Å². The fourth-order valence-electron chi connectivity index (χ4n) is 5.31. The summed E-state index contributed by atoms with van der Waals surface area (Å²) in [5, 5.41) is 0. The zero-order valence-corrected chi connectivity index (χ0v) is 20.3. The lowest BCUT2D eigenvalue weighted by atomic mass is 9.88. The van der Waals surface area contributed by atoms with Crippen molar-refractivity contribution in [3.05, 3.63) is 53.5 Å². The minimum atomic E-state index is -4.76. The van der Waals surface area contributed by atoms with Crippen molar-refractivity contribution < 1.29 is 27.4 Å². The third-order valence-electron chi connectivity index (χ3n) is 7.07. The maximum atomic E-state index is 12.9. The maximum Gasteiger partial charge on any atom is 0.573 e. The number of rotatable bonds is 4. The van der Waals surface area contributed by atoms with E-state index in [0.29, 0.717) is 31.2 Å². The van der Waals surface area contributed by atoms with E-state index in [9.17, 15) is 18.0 Å². The molecule has 4 heterocycles. The van der Waals surface area contributed by atoms with Crippen LogP contribution in [0.3, 0.4) is 0 Å². The van der Waals surface area contributed by atoms with Gasteiger partial charge in [0.1, 0.15) is 17.1 Å². The van der Waals surface area contributed by atoms with Crippen LogP contribution < -0.4 is 4.74 Å². The Morgan fingerprint density at radius 2 is 1.83 bits per heavy atom. The SMILES string of the molecule is CC1(C)CC(c2nc3c(C4CCN(C(=O)c5ccc(OC(F)(F)F)cc5)CC4)ccnc3[nH]2)CCO1. The number of piperidine rings is 1. The zero-order chi connectivity index (χ0) is 25.5. The van der Waals surface area contributed by atoms with Crippen molar-refractivity contribution in [3.63, 3.8) is 0 Å². The van der Waals surface area contributed by atoms with E-state index in [1.165, 1.54) is 12.1 Å². The van der Waals surface area contributed by atoms with E-state index in [-0.39, 0.29) is 23.2 Å². The molecule has 10 heteroatoms. The van der Waals surface area contributed by atoms with Gasteiger partial charge < -0.3 is 19.4 Å². The minimum Gasteiger partial charge on any atom is -0.406 e. The Kier molecular flexibility index (Phi) is 6.40. The highest BCUT2D eigenvalue weighted by Gasteiger charge is 2.33. The highest BCUT2D eigenvalue weighted by Crippen LogP contribution is 2.37. The number of hydrogen-bond acceptors (Lipinski definition) is 5. The summed E-state index contributed by atoms with van der Waals surface area (Å²) in [6, 6.07) is 7.07. The van der Waals surface area contributed by atoms with Crippen LogP contribution in [0, 0.1) is 0 Å². The number of halogens is 3. The van der Waals surface area contributed by atoms with E-state index in [0.717, 1.165) is 60.4 Å². The van der Waals surface area contributed by atoms with Gasteiger partial charge >= 0.3 is 6.36 Å². The van der Waals surface area contributed by atoms with Gasteiger partial charge in [-0.3, -0.25) is 4.79 Å². The quantitative estimate of drug-likeness (QED) is 0.506. The van der Waals surface area contributed by atoms with Crippen molar-refractivity contribution in [2.75, 3.05) is 19.7 Å². The number of H-pyrrole nitrogens is 1. The van der Waals surface area contributed by atoms with Gasteiger partial charge in [0.05, 0.1) is 5.60 Å². The second-order valence-electron chi connectivity index (χ2n) is 10.2. The molecule has 1 N–H and O–H groups in total. The van der Waals surface area contributed by atoms with Crippen LogP contribution in [0.1, 0.15) is 73.1 Å². The molecule has 2 aliphatic heterocycles. The number of fused-ring (bicyclic) bond motifs is 1. The van der Waals surface area contributed by atoms with E-state index in [1.54, 1.807) is 11.1 Å². The van der Waals surface area contributed by atoms with Crippen LogP contribution in [0.4, 0.5) is 13.2 Å². The largest absolute Gasteiger partial charge is 0.573 e. The molecule has 0 radical (unpaired) electrons. The van der Waals surface area contributed by atoms with Gasteiger partial charge in [0.2, 0.25) is 0 Å². The number of amides is 1. The third-order valence-corrected chi connectivity index (χ3v) is 7.07. The fraction of sp³-hybridized carbons (Fsp3) is 0.500. The molecule has 0 saturated carbocycles. The van der Waals surface area contributed by atoms with Crippen LogP contribution in [0.2, 0.25) is 0 Å². The first kappa shape index (κ1) is 24.5. The lowest BCUT2D eigenvalue weighted by Crippen LogP contribution is -2.38. The van der Waals surface area contributed by atoms with Gasteiger partial charge in [0, 0.05) is 37.4 Å². The Hall–Kier alpha value is -3.14. The number of ether oxygens (including phenoxy) is 2. The van der Waals surface area contributed by atoms with Gasteiger partial charge in [-0.15, -0.1) is 13.2 Å². The predicted molar refractivity (Wildman–Crippen MR) is 127 cm³/mol. The highest BCUT2D eigenvalue weighted by atomic mass is 19.4. The van der Waals surface area contributed by atoms with Crippen molar-refractivity contribution in [1.82, 2.24) is 19.9 Å². The first-order chi connectivity index (χ1) is 17.1. The molecule has 1 unspecified atom stereocenters. The first-order valence-electron chi connectivity index (χ1n) is 12.2. The predicted octanol–water partition coefficient (Wildman–Crippen LogP) is 5.55. The summed E-state index contributed by atoms with van der Waals surface area (Å²) in [4.78, 5) is 27.6. The summed E-state index contributed by atoms with van der Waals surface area (Å²) in [5.41, 5.74) is 2.97. The first-order valence-corrected chi connectivity index (χ1v) is 12.2. The lowest BCUT2D eigenvalue weighted by molar-refractivity contribution is -0.274. The molecule has 7 nitrogen and oxygen atoms in total. The monoisotopic (exact) mass is 502 g/mol. The molecule has 1 amide bonds. The summed E-state index contributed by atoms with van der Waals surface area (Å²) in [7, 11) is 0. The number of hydrogen-bond donors (Lipinski definition) is 1. The van der Waals surface area contributed by atoms with E-state index in [2.05, 4.69) is 28.6 Å².